The van der Waals surface area contributed by atoms with E-state index in [0.717, 1.165) is 18.8 Å². The Hall–Kier alpha value is -1.49. The van der Waals surface area contributed by atoms with Gasteiger partial charge in [-0.3, -0.25) is 0 Å². The Bertz CT molecular complexity index is 403. The molecule has 5 nitrogen and oxygen atoms in total. The first-order chi connectivity index (χ1) is 9.66. The van der Waals surface area contributed by atoms with Gasteiger partial charge in [0, 0.05) is 32.0 Å². The zero-order valence-electron chi connectivity index (χ0n) is 12.2. The fraction of sp³-hybridized carbons (Fsp3) is 0.667. The number of urea groups is 1. The van der Waals surface area contributed by atoms with Crippen LogP contribution in [0.15, 0.2) is 22.8 Å². The van der Waals surface area contributed by atoms with E-state index in [1.807, 2.05) is 12.1 Å². The summed E-state index contributed by atoms with van der Waals surface area (Å²) in [7, 11) is 0. The zero-order chi connectivity index (χ0) is 14.4. The van der Waals surface area contributed by atoms with Gasteiger partial charge >= 0.3 is 6.03 Å². The molecule has 1 aliphatic heterocycles. The summed E-state index contributed by atoms with van der Waals surface area (Å²) in [4.78, 5) is 11.7. The summed E-state index contributed by atoms with van der Waals surface area (Å²) in [5.74, 6) is 1.80. The van der Waals surface area contributed by atoms with E-state index < -0.39 is 0 Å². The fourth-order valence-corrected chi connectivity index (χ4v) is 2.65. The molecule has 1 aromatic heterocycles. The molecule has 1 aromatic rings. The lowest BCUT2D eigenvalue weighted by Gasteiger charge is -2.22. The highest BCUT2D eigenvalue weighted by molar-refractivity contribution is 5.73. The van der Waals surface area contributed by atoms with Gasteiger partial charge < -0.3 is 19.8 Å². The van der Waals surface area contributed by atoms with Crippen LogP contribution in [0.25, 0.3) is 0 Å². The van der Waals surface area contributed by atoms with E-state index in [1.54, 1.807) is 6.26 Å². The van der Waals surface area contributed by atoms with Crippen molar-refractivity contribution in [1.82, 2.24) is 10.6 Å². The Morgan fingerprint density at radius 2 is 2.30 bits per heavy atom. The average molecular weight is 280 g/mol. The molecular weight excluding hydrogens is 256 g/mol. The van der Waals surface area contributed by atoms with Crippen LogP contribution in [-0.4, -0.2) is 31.8 Å². The number of rotatable bonds is 6. The van der Waals surface area contributed by atoms with Gasteiger partial charge in [0.1, 0.15) is 5.76 Å². The second kappa shape index (κ2) is 7.33. The molecule has 0 spiro atoms. The van der Waals surface area contributed by atoms with E-state index in [0.29, 0.717) is 31.3 Å². The summed E-state index contributed by atoms with van der Waals surface area (Å²) >= 11 is 0. The predicted molar refractivity (Wildman–Crippen MR) is 76.5 cm³/mol. The SMILES string of the molecule is CC(C)[C@H]1OCC[C@@H]1CNC(=O)NCCc1ccco1. The minimum Gasteiger partial charge on any atom is -0.469 e. The summed E-state index contributed by atoms with van der Waals surface area (Å²) < 4.78 is 10.9. The van der Waals surface area contributed by atoms with Crippen LogP contribution in [0.1, 0.15) is 26.0 Å². The lowest BCUT2D eigenvalue weighted by atomic mass is 9.93. The minimum atomic E-state index is -0.119. The molecule has 1 fully saturated rings. The first-order valence-corrected chi connectivity index (χ1v) is 7.32. The number of ether oxygens (including phenoxy) is 1. The number of furan rings is 1. The van der Waals surface area contributed by atoms with E-state index in [2.05, 4.69) is 24.5 Å². The Morgan fingerprint density at radius 3 is 3.00 bits per heavy atom. The molecule has 0 saturated carbocycles. The number of carbonyl (C=O) groups excluding carboxylic acids is 1. The van der Waals surface area contributed by atoms with Crippen molar-refractivity contribution in [2.45, 2.75) is 32.8 Å². The smallest absolute Gasteiger partial charge is 0.314 e. The molecule has 1 saturated heterocycles. The topological polar surface area (TPSA) is 63.5 Å². The Balaban J connectivity index is 1.62. The van der Waals surface area contributed by atoms with Gasteiger partial charge in [-0.1, -0.05) is 13.8 Å². The minimum absolute atomic E-state index is 0.119. The maximum atomic E-state index is 11.7. The van der Waals surface area contributed by atoms with Gasteiger partial charge in [0.2, 0.25) is 0 Å². The van der Waals surface area contributed by atoms with Crippen LogP contribution in [-0.2, 0) is 11.2 Å². The first kappa shape index (κ1) is 14.9. The summed E-state index contributed by atoms with van der Waals surface area (Å²) in [6.45, 7) is 6.37. The van der Waals surface area contributed by atoms with Crippen LogP contribution in [0.2, 0.25) is 0 Å². The van der Waals surface area contributed by atoms with Crippen LogP contribution in [0.3, 0.4) is 0 Å². The molecular formula is C15H24N2O3. The maximum absolute atomic E-state index is 11.7. The van der Waals surface area contributed by atoms with Crippen LogP contribution < -0.4 is 10.6 Å². The standard InChI is InChI=1S/C15H24N2O3/c1-11(2)14-12(6-9-20-14)10-17-15(18)16-7-5-13-4-3-8-19-13/h3-4,8,11-12,14H,5-7,9-10H2,1-2H3,(H2,16,17,18)/t12-,14-/m1/s1. The Labute approximate surface area is 120 Å². The lowest BCUT2D eigenvalue weighted by Crippen LogP contribution is -2.41. The van der Waals surface area contributed by atoms with Crippen LogP contribution >= 0.6 is 0 Å². The van der Waals surface area contributed by atoms with E-state index in [-0.39, 0.29) is 12.1 Å². The molecule has 5 heteroatoms. The molecule has 0 unspecified atom stereocenters. The highest BCUT2D eigenvalue weighted by atomic mass is 16.5. The normalized spacial score (nSPS) is 22.1. The molecule has 2 amide bonds. The van der Waals surface area contributed by atoms with E-state index in [9.17, 15) is 4.79 Å². The molecule has 0 bridgehead atoms. The van der Waals surface area contributed by atoms with Crippen LogP contribution in [0, 0.1) is 11.8 Å². The van der Waals surface area contributed by atoms with Gasteiger partial charge in [-0.25, -0.2) is 4.79 Å². The highest BCUT2D eigenvalue weighted by Gasteiger charge is 2.30. The third kappa shape index (κ3) is 4.27. The molecule has 2 atom stereocenters. The Morgan fingerprint density at radius 1 is 1.45 bits per heavy atom. The average Bonchev–Trinajstić information content (AvgIpc) is 3.07. The van der Waals surface area contributed by atoms with Crippen molar-refractivity contribution in [3.8, 4) is 0 Å². The largest absolute Gasteiger partial charge is 0.469 e. The van der Waals surface area contributed by atoms with Gasteiger partial charge in [-0.2, -0.15) is 0 Å². The van der Waals surface area contributed by atoms with Gasteiger partial charge in [0.15, 0.2) is 0 Å². The third-order valence-corrected chi connectivity index (χ3v) is 3.68. The van der Waals surface area contributed by atoms with E-state index in [4.69, 9.17) is 9.15 Å². The van der Waals surface area contributed by atoms with Gasteiger partial charge in [0.25, 0.3) is 0 Å². The maximum Gasteiger partial charge on any atom is 0.314 e. The number of hydrogen-bond donors (Lipinski definition) is 2. The Kier molecular flexibility index (Phi) is 5.47. The number of carbonyl (C=O) groups is 1. The summed E-state index contributed by atoms with van der Waals surface area (Å²) in [5.41, 5.74) is 0. The second-order valence-electron chi connectivity index (χ2n) is 5.59. The number of nitrogens with one attached hydrogen (secondary N) is 2. The van der Waals surface area contributed by atoms with Crippen molar-refractivity contribution in [3.63, 3.8) is 0 Å². The van der Waals surface area contributed by atoms with E-state index >= 15 is 0 Å². The van der Waals surface area contributed by atoms with Crippen molar-refractivity contribution in [3.05, 3.63) is 24.2 Å². The number of amides is 2. The van der Waals surface area contributed by atoms with Gasteiger partial charge in [-0.15, -0.1) is 0 Å². The van der Waals surface area contributed by atoms with Gasteiger partial charge in [0.05, 0.1) is 12.4 Å². The van der Waals surface area contributed by atoms with Crippen LogP contribution in [0.4, 0.5) is 4.79 Å². The van der Waals surface area contributed by atoms with Crippen molar-refractivity contribution in [2.24, 2.45) is 11.8 Å². The summed E-state index contributed by atoms with van der Waals surface area (Å²) in [5, 5.41) is 5.77. The molecule has 1 aliphatic rings. The van der Waals surface area contributed by atoms with Crippen molar-refractivity contribution in [1.29, 1.82) is 0 Å². The van der Waals surface area contributed by atoms with E-state index in [1.165, 1.54) is 0 Å². The summed E-state index contributed by atoms with van der Waals surface area (Å²) in [6, 6.07) is 3.63. The first-order valence-electron chi connectivity index (χ1n) is 7.32. The molecule has 0 aliphatic carbocycles. The molecule has 2 rings (SSSR count). The number of hydrogen-bond acceptors (Lipinski definition) is 3. The molecule has 112 valence electrons. The lowest BCUT2D eigenvalue weighted by molar-refractivity contribution is 0.0545. The highest BCUT2D eigenvalue weighted by Crippen LogP contribution is 2.25. The van der Waals surface area contributed by atoms with Crippen molar-refractivity contribution >= 4 is 6.03 Å². The van der Waals surface area contributed by atoms with Crippen LogP contribution in [0.5, 0.6) is 0 Å². The quantitative estimate of drug-likeness (QED) is 0.839. The molecule has 2 heterocycles. The van der Waals surface area contributed by atoms with Gasteiger partial charge in [-0.05, 0) is 24.5 Å². The van der Waals surface area contributed by atoms with Crippen molar-refractivity contribution in [2.75, 3.05) is 19.7 Å². The third-order valence-electron chi connectivity index (χ3n) is 3.68. The molecule has 2 N–H and O–H groups in total. The van der Waals surface area contributed by atoms with Crippen molar-refractivity contribution < 1.29 is 13.9 Å². The second-order valence-corrected chi connectivity index (χ2v) is 5.59. The predicted octanol–water partition coefficient (Wildman–Crippen LogP) is 2.18. The monoisotopic (exact) mass is 280 g/mol. The fourth-order valence-electron chi connectivity index (χ4n) is 2.65. The molecule has 0 aromatic carbocycles. The zero-order valence-corrected chi connectivity index (χ0v) is 12.2. The molecule has 0 radical (unpaired) electrons. The summed E-state index contributed by atoms with van der Waals surface area (Å²) in [6.07, 6.45) is 3.64. The molecule has 20 heavy (non-hydrogen) atoms.